The van der Waals surface area contributed by atoms with Crippen LogP contribution in [0.3, 0.4) is 0 Å². The Balaban J connectivity index is 2.85. The van der Waals surface area contributed by atoms with Gasteiger partial charge in [0.15, 0.2) is 0 Å². The van der Waals surface area contributed by atoms with Crippen LogP contribution < -0.4 is 0 Å². The normalized spacial score (nSPS) is 7.40. The van der Waals surface area contributed by atoms with E-state index in [-0.39, 0.29) is 0 Å². The van der Waals surface area contributed by atoms with Crippen molar-refractivity contribution in [2.75, 3.05) is 5.88 Å². The van der Waals surface area contributed by atoms with E-state index >= 15 is 0 Å². The quantitative estimate of drug-likeness (QED) is 0.426. The molecule has 5 heavy (non-hydrogen) atoms. The lowest BCUT2D eigenvalue weighted by atomic mass is 10.8. The number of halogens is 1. The van der Waals surface area contributed by atoms with E-state index in [1.165, 1.54) is 0 Å². The molecule has 0 aliphatic rings. The molecule has 0 fully saturated rings. The Hall–Kier alpha value is -0.240. The fourth-order valence-corrected chi connectivity index (χ4v) is 0. The van der Waals surface area contributed by atoms with Gasteiger partial charge in [-0.25, -0.2) is 9.90 Å². The summed E-state index contributed by atoms with van der Waals surface area (Å²) >= 11 is 4.67. The molecular formula is C2H2ClO2. The molecule has 0 aromatic rings. The molecule has 29 valence electrons. The minimum Gasteiger partial charge on any atom is -0.246 e. The standard InChI is InChI=1S/C2H2ClO2/c3-1-2(4)5/h1H2. The van der Waals surface area contributed by atoms with Crippen molar-refractivity contribution in [3.05, 3.63) is 0 Å². The van der Waals surface area contributed by atoms with Crippen molar-refractivity contribution in [2.45, 2.75) is 0 Å². The molecule has 0 saturated carbocycles. The highest BCUT2D eigenvalue weighted by Gasteiger charge is 1.88. The Kier molecular flexibility index (Phi) is 1.93. The molecule has 0 atom stereocenters. The Morgan fingerprint density at radius 1 is 1.80 bits per heavy atom. The summed E-state index contributed by atoms with van der Waals surface area (Å²) in [5, 5.41) is 9.12. The van der Waals surface area contributed by atoms with Crippen LogP contribution in [0, 0.1) is 0 Å². The van der Waals surface area contributed by atoms with E-state index in [1.54, 1.807) is 0 Å². The van der Waals surface area contributed by atoms with Crippen LogP contribution in [0.2, 0.25) is 0 Å². The Morgan fingerprint density at radius 3 is 2.00 bits per heavy atom. The van der Waals surface area contributed by atoms with Crippen molar-refractivity contribution < 1.29 is 9.90 Å². The third-order valence-corrected chi connectivity index (χ3v) is 0.327. The summed E-state index contributed by atoms with van der Waals surface area (Å²) in [7, 11) is 0. The van der Waals surface area contributed by atoms with Crippen LogP contribution in [0.5, 0.6) is 0 Å². The zero-order chi connectivity index (χ0) is 4.28. The maximum absolute atomic E-state index is 9.12. The fourth-order valence-electron chi connectivity index (χ4n) is 0. The molecule has 0 saturated heterocycles. The molecule has 0 aliphatic heterocycles. The summed E-state index contributed by atoms with van der Waals surface area (Å²) in [5.74, 6) is -1.65. The largest absolute Gasteiger partial charge is 0.370 e. The number of alkyl halides is 1. The van der Waals surface area contributed by atoms with Gasteiger partial charge in [-0.3, -0.25) is 0 Å². The smallest absolute Gasteiger partial charge is 0.246 e. The van der Waals surface area contributed by atoms with Crippen LogP contribution in [-0.4, -0.2) is 11.8 Å². The first-order chi connectivity index (χ1) is 2.27. The Morgan fingerprint density at radius 2 is 2.00 bits per heavy atom. The van der Waals surface area contributed by atoms with E-state index in [9.17, 15) is 0 Å². The van der Waals surface area contributed by atoms with E-state index in [4.69, 9.17) is 9.90 Å². The van der Waals surface area contributed by atoms with Crippen LogP contribution in [0.1, 0.15) is 0 Å². The zero-order valence-electron chi connectivity index (χ0n) is 2.40. The molecule has 0 aromatic heterocycles. The van der Waals surface area contributed by atoms with E-state index in [0.717, 1.165) is 0 Å². The predicted octanol–water partition coefficient (Wildman–Crippen LogP) is 0.182. The second kappa shape index (κ2) is 2.03. The van der Waals surface area contributed by atoms with Crippen molar-refractivity contribution in [1.82, 2.24) is 0 Å². The second-order valence-electron chi connectivity index (χ2n) is 0.506. The molecule has 0 N–H and O–H groups in total. The van der Waals surface area contributed by atoms with Gasteiger partial charge in [0, 0.05) is 0 Å². The topological polar surface area (TPSA) is 37.0 Å². The number of carbonyl (C=O) groups is 1. The first-order valence-corrected chi connectivity index (χ1v) is 1.56. The average molecular weight is 93.5 g/mol. The summed E-state index contributed by atoms with van der Waals surface area (Å²) in [4.78, 5) is 9.12. The molecule has 2 nitrogen and oxygen atoms in total. The monoisotopic (exact) mass is 93.0 g/mol. The first-order valence-electron chi connectivity index (χ1n) is 1.03. The highest BCUT2D eigenvalue weighted by Crippen LogP contribution is 1.69. The molecule has 0 aromatic carbocycles. The molecule has 1 radical (unpaired) electrons. The van der Waals surface area contributed by atoms with Gasteiger partial charge in [-0.05, 0) is 0 Å². The minimum absolute atomic E-state index is 0.417. The highest BCUT2D eigenvalue weighted by atomic mass is 35.5. The van der Waals surface area contributed by atoms with Crippen molar-refractivity contribution in [1.29, 1.82) is 0 Å². The number of carbonyl (C=O) groups excluding carboxylic acids is 1. The third-order valence-electron chi connectivity index (χ3n) is 0.109. The number of hydrogen-bond donors (Lipinski definition) is 0. The van der Waals surface area contributed by atoms with E-state index < -0.39 is 11.8 Å². The summed E-state index contributed by atoms with van der Waals surface area (Å²) in [6, 6.07) is 0. The maximum atomic E-state index is 9.12. The molecule has 0 rings (SSSR count). The second-order valence-corrected chi connectivity index (χ2v) is 0.773. The van der Waals surface area contributed by atoms with Crippen LogP contribution >= 0.6 is 11.6 Å². The summed E-state index contributed by atoms with van der Waals surface area (Å²) in [5.41, 5.74) is 0. The van der Waals surface area contributed by atoms with Gasteiger partial charge in [0.1, 0.15) is 5.88 Å². The molecule has 0 aliphatic carbocycles. The van der Waals surface area contributed by atoms with E-state index in [0.29, 0.717) is 0 Å². The van der Waals surface area contributed by atoms with Crippen molar-refractivity contribution >= 4 is 17.6 Å². The van der Waals surface area contributed by atoms with E-state index in [2.05, 4.69) is 11.6 Å². The van der Waals surface area contributed by atoms with Crippen LogP contribution in [0.15, 0.2) is 0 Å². The lowest BCUT2D eigenvalue weighted by Crippen LogP contribution is -1.89. The highest BCUT2D eigenvalue weighted by molar-refractivity contribution is 6.26. The van der Waals surface area contributed by atoms with Gasteiger partial charge in [-0.2, -0.15) is 0 Å². The molecule has 0 bridgehead atoms. The van der Waals surface area contributed by atoms with Gasteiger partial charge in [0.25, 0.3) is 0 Å². The van der Waals surface area contributed by atoms with Crippen molar-refractivity contribution in [3.63, 3.8) is 0 Å². The van der Waals surface area contributed by atoms with Gasteiger partial charge in [-0.1, -0.05) is 0 Å². The van der Waals surface area contributed by atoms with Gasteiger partial charge >= 0.3 is 5.97 Å². The predicted molar refractivity (Wildman–Crippen MR) is 16.4 cm³/mol. The molecule has 0 spiro atoms. The van der Waals surface area contributed by atoms with Crippen LogP contribution in [0.25, 0.3) is 0 Å². The fraction of sp³-hybridized carbons (Fsp3) is 0.500. The summed E-state index contributed by atoms with van der Waals surface area (Å²) < 4.78 is 0. The van der Waals surface area contributed by atoms with Gasteiger partial charge in [0.05, 0.1) is 0 Å². The van der Waals surface area contributed by atoms with Gasteiger partial charge in [-0.15, -0.1) is 11.6 Å². The van der Waals surface area contributed by atoms with Crippen LogP contribution in [-0.2, 0) is 9.90 Å². The van der Waals surface area contributed by atoms with Gasteiger partial charge in [0.2, 0.25) is 0 Å². The summed E-state index contributed by atoms with van der Waals surface area (Å²) in [6.07, 6.45) is 0. The number of rotatable bonds is 1. The lowest BCUT2D eigenvalue weighted by Gasteiger charge is -1.63. The Labute approximate surface area is 34.4 Å². The van der Waals surface area contributed by atoms with Crippen molar-refractivity contribution in [2.24, 2.45) is 0 Å². The molecular weight excluding hydrogens is 91.5 g/mol. The van der Waals surface area contributed by atoms with Crippen LogP contribution in [0.4, 0.5) is 0 Å². The number of hydrogen-bond acceptors (Lipinski definition) is 1. The molecule has 0 heterocycles. The third kappa shape index (κ3) is 3.76. The molecule has 3 heteroatoms. The van der Waals surface area contributed by atoms with Gasteiger partial charge < -0.3 is 0 Å². The minimum atomic E-state index is -1.23. The Bertz CT molecular complexity index is 42.9. The zero-order valence-corrected chi connectivity index (χ0v) is 3.16. The van der Waals surface area contributed by atoms with Crippen molar-refractivity contribution in [3.8, 4) is 0 Å². The summed E-state index contributed by atoms with van der Waals surface area (Å²) in [6.45, 7) is 0. The lowest BCUT2D eigenvalue weighted by molar-refractivity contribution is -0.139. The maximum Gasteiger partial charge on any atom is 0.370 e. The first kappa shape index (κ1) is 4.76. The molecule has 0 unspecified atom stereocenters. The molecule has 0 amide bonds. The SMILES string of the molecule is [O]C(=O)CCl. The average Bonchev–Trinajstić information content (AvgIpc) is 1.38. The van der Waals surface area contributed by atoms with E-state index in [1.807, 2.05) is 0 Å².